The molecule has 2 heterocycles. The quantitative estimate of drug-likeness (QED) is 0.661. The van der Waals surface area contributed by atoms with E-state index < -0.39 is 32.4 Å². The van der Waals surface area contributed by atoms with E-state index >= 15 is 0 Å². The summed E-state index contributed by atoms with van der Waals surface area (Å²) in [4.78, 5) is 18.3. The van der Waals surface area contributed by atoms with Crippen LogP contribution in [0.4, 0.5) is 13.2 Å². The standard InChI is InChI=1S/C18H20F3N3O3S2/c1-3-4-14-22-11(2)17(28-14)18(25)23-7-9-24(10-8-23)29(26,27)13-6-5-12(19)15(20)16(13)21/h5-6H,3-4,7-10H2,1-2H3. The molecule has 1 aromatic heterocycles. The molecule has 0 N–H and O–H groups in total. The maximum absolute atomic E-state index is 14.0. The van der Waals surface area contributed by atoms with E-state index in [-0.39, 0.29) is 32.1 Å². The Balaban J connectivity index is 1.73. The predicted molar refractivity (Wildman–Crippen MR) is 102 cm³/mol. The molecule has 6 nitrogen and oxygen atoms in total. The second-order valence-electron chi connectivity index (χ2n) is 6.64. The molecule has 0 bridgehead atoms. The molecule has 0 aliphatic carbocycles. The highest BCUT2D eigenvalue weighted by atomic mass is 32.2. The molecule has 0 spiro atoms. The van der Waals surface area contributed by atoms with E-state index in [1.165, 1.54) is 16.2 Å². The first kappa shape index (κ1) is 21.7. The van der Waals surface area contributed by atoms with Crippen molar-refractivity contribution < 1.29 is 26.4 Å². The normalized spacial score (nSPS) is 15.7. The minimum absolute atomic E-state index is 0.0772. The summed E-state index contributed by atoms with van der Waals surface area (Å²) in [5, 5.41) is 0.878. The fraction of sp³-hybridized carbons (Fsp3) is 0.444. The Morgan fingerprint density at radius 2 is 1.79 bits per heavy atom. The SMILES string of the molecule is CCCc1nc(C)c(C(=O)N2CCN(S(=O)(=O)c3ccc(F)c(F)c3F)CC2)s1. The van der Waals surface area contributed by atoms with Crippen LogP contribution in [0, 0.1) is 24.4 Å². The number of rotatable bonds is 5. The average Bonchev–Trinajstić information content (AvgIpc) is 3.06. The summed E-state index contributed by atoms with van der Waals surface area (Å²) >= 11 is 1.33. The molecule has 2 aromatic rings. The van der Waals surface area contributed by atoms with Crippen molar-refractivity contribution >= 4 is 27.3 Å². The predicted octanol–water partition coefficient (Wildman–Crippen LogP) is 2.97. The number of piperazine rings is 1. The minimum Gasteiger partial charge on any atom is -0.335 e. The first-order valence-electron chi connectivity index (χ1n) is 9.06. The van der Waals surface area contributed by atoms with Gasteiger partial charge in [-0.05, 0) is 31.9 Å². The van der Waals surface area contributed by atoms with E-state index in [1.54, 1.807) is 6.92 Å². The molecule has 3 rings (SSSR count). The van der Waals surface area contributed by atoms with Crippen molar-refractivity contribution in [2.24, 2.45) is 0 Å². The van der Waals surface area contributed by atoms with Crippen LogP contribution in [0.25, 0.3) is 0 Å². The molecule has 0 saturated carbocycles. The van der Waals surface area contributed by atoms with Gasteiger partial charge in [0.1, 0.15) is 9.77 Å². The molecule has 158 valence electrons. The maximum atomic E-state index is 14.0. The smallest absolute Gasteiger partial charge is 0.265 e. The first-order valence-corrected chi connectivity index (χ1v) is 11.3. The largest absolute Gasteiger partial charge is 0.335 e. The summed E-state index contributed by atoms with van der Waals surface area (Å²) < 4.78 is 66.7. The average molecular weight is 448 g/mol. The molecule has 1 aliphatic heterocycles. The zero-order valence-electron chi connectivity index (χ0n) is 15.9. The summed E-state index contributed by atoms with van der Waals surface area (Å²) in [6, 6.07) is 1.28. The summed E-state index contributed by atoms with van der Waals surface area (Å²) in [6.07, 6.45) is 1.70. The molecule has 1 amide bonds. The van der Waals surface area contributed by atoms with Crippen molar-refractivity contribution in [3.8, 4) is 0 Å². The lowest BCUT2D eigenvalue weighted by molar-refractivity contribution is 0.0701. The summed E-state index contributed by atoms with van der Waals surface area (Å²) in [6.45, 7) is 3.83. The van der Waals surface area contributed by atoms with Crippen LogP contribution in [0.1, 0.15) is 33.7 Å². The number of hydrogen-bond donors (Lipinski definition) is 0. The van der Waals surface area contributed by atoms with Crippen LogP contribution in [0.5, 0.6) is 0 Å². The molecule has 0 unspecified atom stereocenters. The molecular formula is C18H20F3N3O3S2. The number of sulfonamides is 1. The van der Waals surface area contributed by atoms with Gasteiger partial charge in [0, 0.05) is 26.2 Å². The van der Waals surface area contributed by atoms with Gasteiger partial charge < -0.3 is 4.90 Å². The van der Waals surface area contributed by atoms with Crippen LogP contribution in [0.2, 0.25) is 0 Å². The van der Waals surface area contributed by atoms with Crippen LogP contribution >= 0.6 is 11.3 Å². The van der Waals surface area contributed by atoms with Gasteiger partial charge in [0.05, 0.1) is 10.7 Å². The fourth-order valence-electron chi connectivity index (χ4n) is 3.09. The first-order chi connectivity index (χ1) is 13.7. The maximum Gasteiger partial charge on any atom is 0.265 e. The molecule has 1 saturated heterocycles. The van der Waals surface area contributed by atoms with E-state index in [1.807, 2.05) is 6.92 Å². The van der Waals surface area contributed by atoms with Crippen LogP contribution in [-0.4, -0.2) is 54.7 Å². The lowest BCUT2D eigenvalue weighted by Crippen LogP contribution is -2.50. The third kappa shape index (κ3) is 4.17. The molecule has 11 heteroatoms. The second kappa shape index (κ2) is 8.41. The Hall–Kier alpha value is -1.98. The number of carbonyl (C=O) groups is 1. The number of halogens is 3. The number of nitrogens with zero attached hydrogens (tertiary/aromatic N) is 3. The van der Waals surface area contributed by atoms with E-state index in [2.05, 4.69) is 4.98 Å². The topological polar surface area (TPSA) is 70.6 Å². The van der Waals surface area contributed by atoms with Crippen LogP contribution in [-0.2, 0) is 16.4 Å². The van der Waals surface area contributed by atoms with Crippen molar-refractivity contribution in [2.45, 2.75) is 31.6 Å². The molecular weight excluding hydrogens is 427 g/mol. The van der Waals surface area contributed by atoms with E-state index in [0.717, 1.165) is 22.2 Å². The monoisotopic (exact) mass is 447 g/mol. The zero-order chi connectivity index (χ0) is 21.3. The second-order valence-corrected chi connectivity index (χ2v) is 9.63. The number of thiazole rings is 1. The highest BCUT2D eigenvalue weighted by Crippen LogP contribution is 2.25. The zero-order valence-corrected chi connectivity index (χ0v) is 17.5. The van der Waals surface area contributed by atoms with E-state index in [4.69, 9.17) is 0 Å². The number of amides is 1. The number of benzene rings is 1. The van der Waals surface area contributed by atoms with Crippen molar-refractivity contribution in [1.29, 1.82) is 0 Å². The van der Waals surface area contributed by atoms with Crippen LogP contribution in [0.15, 0.2) is 17.0 Å². The molecule has 1 fully saturated rings. The molecule has 1 aliphatic rings. The lowest BCUT2D eigenvalue weighted by atomic mass is 10.3. The number of aryl methyl sites for hydroxylation is 2. The summed E-state index contributed by atoms with van der Waals surface area (Å²) in [5.41, 5.74) is 0.641. The fourth-order valence-corrected chi connectivity index (χ4v) is 5.71. The van der Waals surface area contributed by atoms with Gasteiger partial charge in [-0.15, -0.1) is 11.3 Å². The molecule has 0 radical (unpaired) electrons. The Labute approximate surface area is 171 Å². The molecule has 29 heavy (non-hydrogen) atoms. The van der Waals surface area contributed by atoms with Gasteiger partial charge in [-0.2, -0.15) is 4.31 Å². The summed E-state index contributed by atoms with van der Waals surface area (Å²) in [5.74, 6) is -5.26. The van der Waals surface area contributed by atoms with E-state index in [0.29, 0.717) is 22.7 Å². The van der Waals surface area contributed by atoms with Gasteiger partial charge >= 0.3 is 0 Å². The Bertz CT molecular complexity index is 1030. The van der Waals surface area contributed by atoms with Gasteiger partial charge in [0.25, 0.3) is 5.91 Å². The third-order valence-corrected chi connectivity index (χ3v) is 7.76. The van der Waals surface area contributed by atoms with Crippen LogP contribution < -0.4 is 0 Å². The van der Waals surface area contributed by atoms with Gasteiger partial charge in [-0.1, -0.05) is 6.92 Å². The van der Waals surface area contributed by atoms with Crippen molar-refractivity contribution in [3.63, 3.8) is 0 Å². The highest BCUT2D eigenvalue weighted by Gasteiger charge is 2.34. The summed E-state index contributed by atoms with van der Waals surface area (Å²) in [7, 11) is -4.35. The van der Waals surface area contributed by atoms with Crippen molar-refractivity contribution in [3.05, 3.63) is 45.2 Å². The Morgan fingerprint density at radius 1 is 1.14 bits per heavy atom. The van der Waals surface area contributed by atoms with Crippen molar-refractivity contribution in [2.75, 3.05) is 26.2 Å². The lowest BCUT2D eigenvalue weighted by Gasteiger charge is -2.33. The highest BCUT2D eigenvalue weighted by molar-refractivity contribution is 7.89. The van der Waals surface area contributed by atoms with Gasteiger partial charge in [-0.3, -0.25) is 4.79 Å². The van der Waals surface area contributed by atoms with Gasteiger partial charge in [-0.25, -0.2) is 26.6 Å². The Kier molecular flexibility index (Phi) is 6.30. The molecule has 1 aromatic carbocycles. The van der Waals surface area contributed by atoms with Crippen LogP contribution in [0.3, 0.4) is 0 Å². The van der Waals surface area contributed by atoms with Gasteiger partial charge in [0.2, 0.25) is 10.0 Å². The van der Waals surface area contributed by atoms with Crippen molar-refractivity contribution in [1.82, 2.24) is 14.2 Å². The number of aromatic nitrogens is 1. The number of hydrogen-bond acceptors (Lipinski definition) is 5. The molecule has 0 atom stereocenters. The Morgan fingerprint density at radius 3 is 2.41 bits per heavy atom. The minimum atomic E-state index is -4.35. The van der Waals surface area contributed by atoms with Gasteiger partial charge in [0.15, 0.2) is 17.5 Å². The van der Waals surface area contributed by atoms with E-state index in [9.17, 15) is 26.4 Å². The number of carbonyl (C=O) groups excluding carboxylic acids is 1. The third-order valence-electron chi connectivity index (χ3n) is 4.64.